The van der Waals surface area contributed by atoms with Crippen molar-refractivity contribution in [1.29, 1.82) is 0 Å². The van der Waals surface area contributed by atoms with Crippen LogP contribution in [0, 0.1) is 6.92 Å². The van der Waals surface area contributed by atoms with Crippen molar-refractivity contribution in [3.8, 4) is 0 Å². The number of carbonyl (C=O) groups is 1. The summed E-state index contributed by atoms with van der Waals surface area (Å²) >= 11 is 0. The fraction of sp³-hybridized carbons (Fsp3) is 0.350. The smallest absolute Gasteiger partial charge is 0.274 e. The molecule has 0 atom stereocenters. The Labute approximate surface area is 160 Å². The molecular weight excluding hydrogens is 364 g/mol. The maximum Gasteiger partial charge on any atom is 0.274 e. The summed E-state index contributed by atoms with van der Waals surface area (Å²) in [7, 11) is -3.80. The first-order valence-electron chi connectivity index (χ1n) is 8.71. The molecule has 0 heterocycles. The lowest BCUT2D eigenvalue weighted by molar-refractivity contribution is 0.0364. The molecular formula is C20H26N2O4S. The minimum atomic E-state index is -3.80. The number of nitrogens with one attached hydrogen (secondary N) is 2. The topological polar surface area (TPSA) is 84.5 Å². The third-order valence-electron chi connectivity index (χ3n) is 4.03. The van der Waals surface area contributed by atoms with Gasteiger partial charge in [-0.3, -0.25) is 14.4 Å². The molecule has 146 valence electrons. The summed E-state index contributed by atoms with van der Waals surface area (Å²) in [6.45, 7) is 9.93. The zero-order valence-electron chi connectivity index (χ0n) is 16.3. The Kier molecular flexibility index (Phi) is 6.28. The van der Waals surface area contributed by atoms with E-state index in [4.69, 9.17) is 4.84 Å². The van der Waals surface area contributed by atoms with Gasteiger partial charge in [0.25, 0.3) is 15.9 Å². The van der Waals surface area contributed by atoms with Crippen molar-refractivity contribution in [3.05, 3.63) is 59.2 Å². The van der Waals surface area contributed by atoms with Crippen LogP contribution in [0.2, 0.25) is 0 Å². The largest absolute Gasteiger partial charge is 0.280 e. The normalized spacial score (nSPS) is 11.9. The lowest BCUT2D eigenvalue weighted by Crippen LogP contribution is -2.23. The van der Waals surface area contributed by atoms with Gasteiger partial charge in [-0.05, 0) is 54.7 Å². The van der Waals surface area contributed by atoms with Crippen LogP contribution in [0.4, 0.5) is 5.69 Å². The van der Waals surface area contributed by atoms with E-state index >= 15 is 0 Å². The van der Waals surface area contributed by atoms with Gasteiger partial charge in [0.05, 0.1) is 11.5 Å². The number of amides is 1. The van der Waals surface area contributed by atoms with Gasteiger partial charge >= 0.3 is 0 Å². The van der Waals surface area contributed by atoms with Gasteiger partial charge in [-0.2, -0.15) is 0 Å². The van der Waals surface area contributed by atoms with Crippen molar-refractivity contribution in [1.82, 2.24) is 5.48 Å². The van der Waals surface area contributed by atoms with Crippen molar-refractivity contribution in [2.45, 2.75) is 44.9 Å². The molecule has 6 nitrogen and oxygen atoms in total. The zero-order chi connectivity index (χ0) is 20.2. The number of carbonyl (C=O) groups excluding carboxylic acids is 1. The van der Waals surface area contributed by atoms with E-state index in [-0.39, 0.29) is 10.3 Å². The van der Waals surface area contributed by atoms with Crippen LogP contribution in [0.25, 0.3) is 0 Å². The maximum atomic E-state index is 12.9. The molecule has 2 aromatic rings. The Balaban J connectivity index is 2.33. The first-order valence-corrected chi connectivity index (χ1v) is 10.2. The number of sulfonamides is 1. The van der Waals surface area contributed by atoms with Crippen LogP contribution < -0.4 is 10.2 Å². The molecule has 0 aromatic heterocycles. The second kappa shape index (κ2) is 8.10. The number of benzene rings is 2. The highest BCUT2D eigenvalue weighted by atomic mass is 32.2. The predicted octanol–water partition coefficient (Wildman–Crippen LogP) is 3.77. The van der Waals surface area contributed by atoms with Crippen molar-refractivity contribution >= 4 is 21.6 Å². The molecule has 0 spiro atoms. The second-order valence-corrected chi connectivity index (χ2v) is 8.93. The molecule has 0 saturated heterocycles. The van der Waals surface area contributed by atoms with Crippen molar-refractivity contribution in [2.75, 3.05) is 11.3 Å². The van der Waals surface area contributed by atoms with Crippen LogP contribution in [0.15, 0.2) is 47.4 Å². The van der Waals surface area contributed by atoms with Gasteiger partial charge in [-0.25, -0.2) is 13.9 Å². The van der Waals surface area contributed by atoms with Gasteiger partial charge in [-0.15, -0.1) is 0 Å². The highest BCUT2D eigenvalue weighted by molar-refractivity contribution is 7.92. The Morgan fingerprint density at radius 1 is 1.11 bits per heavy atom. The average Bonchev–Trinajstić information content (AvgIpc) is 2.58. The molecule has 0 aliphatic carbocycles. The third kappa shape index (κ3) is 5.30. The summed E-state index contributed by atoms with van der Waals surface area (Å²) in [6, 6.07) is 11.7. The monoisotopic (exact) mass is 390 g/mol. The summed E-state index contributed by atoms with van der Waals surface area (Å²) in [5, 5.41) is 0. The fourth-order valence-electron chi connectivity index (χ4n) is 2.49. The van der Waals surface area contributed by atoms with Gasteiger partial charge in [0, 0.05) is 11.3 Å². The van der Waals surface area contributed by atoms with Crippen molar-refractivity contribution in [3.63, 3.8) is 0 Å². The van der Waals surface area contributed by atoms with E-state index in [1.165, 1.54) is 6.07 Å². The molecule has 0 radical (unpaired) electrons. The zero-order valence-corrected chi connectivity index (χ0v) is 17.1. The number of aryl methyl sites for hydroxylation is 1. The molecule has 0 bridgehead atoms. The summed E-state index contributed by atoms with van der Waals surface area (Å²) in [6.07, 6.45) is 0. The number of anilines is 1. The Morgan fingerprint density at radius 2 is 1.81 bits per heavy atom. The molecule has 0 aliphatic rings. The molecule has 1 amide bonds. The Bertz CT molecular complexity index is 931. The number of hydroxylamine groups is 1. The van der Waals surface area contributed by atoms with Crippen LogP contribution >= 0.6 is 0 Å². The van der Waals surface area contributed by atoms with Gasteiger partial charge in [0.2, 0.25) is 0 Å². The predicted molar refractivity (Wildman–Crippen MR) is 106 cm³/mol. The van der Waals surface area contributed by atoms with Crippen LogP contribution in [-0.4, -0.2) is 20.9 Å². The summed E-state index contributed by atoms with van der Waals surface area (Å²) < 4.78 is 28.4. The molecule has 27 heavy (non-hydrogen) atoms. The van der Waals surface area contributed by atoms with Crippen LogP contribution in [0.5, 0.6) is 0 Å². The number of rotatable bonds is 6. The lowest BCUT2D eigenvalue weighted by atomic mass is 9.87. The Hall–Kier alpha value is -2.38. The molecule has 2 N–H and O–H groups in total. The minimum absolute atomic E-state index is 0.171. The van der Waals surface area contributed by atoms with Crippen LogP contribution in [0.3, 0.4) is 0 Å². The first-order chi connectivity index (χ1) is 12.5. The maximum absolute atomic E-state index is 12.9. The van der Waals surface area contributed by atoms with Crippen molar-refractivity contribution in [2.24, 2.45) is 0 Å². The summed E-state index contributed by atoms with van der Waals surface area (Å²) in [5.74, 6) is -0.441. The van der Waals surface area contributed by atoms with Crippen LogP contribution in [0.1, 0.15) is 49.2 Å². The van der Waals surface area contributed by atoms with E-state index in [0.29, 0.717) is 23.4 Å². The minimum Gasteiger partial charge on any atom is -0.280 e. The molecule has 7 heteroatoms. The number of hydrogen-bond donors (Lipinski definition) is 2. The van der Waals surface area contributed by atoms with E-state index in [1.807, 2.05) is 26.8 Å². The molecule has 0 aliphatic heterocycles. The van der Waals surface area contributed by atoms with Crippen LogP contribution in [-0.2, 0) is 20.3 Å². The Morgan fingerprint density at radius 3 is 2.44 bits per heavy atom. The van der Waals surface area contributed by atoms with Crippen molar-refractivity contribution < 1.29 is 18.0 Å². The average molecular weight is 391 g/mol. The van der Waals surface area contributed by atoms with E-state index < -0.39 is 15.9 Å². The van der Waals surface area contributed by atoms with Gasteiger partial charge in [-0.1, -0.05) is 39.0 Å². The van der Waals surface area contributed by atoms with E-state index in [2.05, 4.69) is 10.2 Å². The van der Waals surface area contributed by atoms with E-state index in [0.717, 1.165) is 5.56 Å². The lowest BCUT2D eigenvalue weighted by Gasteiger charge is -2.21. The molecule has 0 unspecified atom stereocenters. The van der Waals surface area contributed by atoms with Gasteiger partial charge in [0.15, 0.2) is 0 Å². The SMILES string of the molecule is CCONC(=O)c1cccc(NS(=O)(=O)c2cc(C(C)(C)C)ccc2C)c1. The fourth-order valence-corrected chi connectivity index (χ4v) is 3.81. The highest BCUT2D eigenvalue weighted by Crippen LogP contribution is 2.28. The van der Waals surface area contributed by atoms with Gasteiger partial charge < -0.3 is 0 Å². The molecule has 0 fully saturated rings. The van der Waals surface area contributed by atoms with Gasteiger partial charge in [0.1, 0.15) is 0 Å². The third-order valence-corrected chi connectivity index (χ3v) is 5.55. The molecule has 0 saturated carbocycles. The number of hydrogen-bond acceptors (Lipinski definition) is 4. The quantitative estimate of drug-likeness (QED) is 0.735. The molecule has 2 rings (SSSR count). The summed E-state index contributed by atoms with van der Waals surface area (Å²) in [5.41, 5.74) is 4.30. The molecule has 2 aromatic carbocycles. The first kappa shape index (κ1) is 20.9. The second-order valence-electron chi connectivity index (χ2n) is 7.28. The highest BCUT2D eigenvalue weighted by Gasteiger charge is 2.22. The summed E-state index contributed by atoms with van der Waals surface area (Å²) in [4.78, 5) is 17.1. The van der Waals surface area contributed by atoms with E-state index in [9.17, 15) is 13.2 Å². The van der Waals surface area contributed by atoms with E-state index in [1.54, 1.807) is 44.2 Å². The standard InChI is InChI=1S/C20H26N2O4S/c1-6-26-21-19(23)15-8-7-9-17(12-15)22-27(24,25)18-13-16(20(3,4)5)11-10-14(18)2/h7-13,22H,6H2,1-5H3,(H,21,23).